The second kappa shape index (κ2) is 5.35. The van der Waals surface area contributed by atoms with Crippen molar-refractivity contribution in [2.24, 2.45) is 0 Å². The van der Waals surface area contributed by atoms with E-state index < -0.39 is 0 Å². The summed E-state index contributed by atoms with van der Waals surface area (Å²) in [6.07, 6.45) is 2.45. The van der Waals surface area contributed by atoms with E-state index >= 15 is 0 Å². The van der Waals surface area contributed by atoms with E-state index in [-0.39, 0.29) is 12.1 Å². The average molecular weight is 213 g/mol. The molecule has 1 unspecified atom stereocenters. The van der Waals surface area contributed by atoms with Crippen LogP contribution in [0.2, 0.25) is 0 Å². The van der Waals surface area contributed by atoms with Crippen LogP contribution in [-0.2, 0) is 0 Å². The summed E-state index contributed by atoms with van der Waals surface area (Å²) in [5.41, 5.74) is 0. The maximum atomic E-state index is 11.6. The molecule has 1 heterocycles. The number of likely N-dealkylation sites (tertiary alicyclic amines) is 1. The fourth-order valence-corrected chi connectivity index (χ4v) is 1.97. The molecule has 88 valence electrons. The third kappa shape index (κ3) is 3.70. The zero-order valence-corrected chi connectivity index (χ0v) is 10.3. The molecule has 0 aliphatic carbocycles. The van der Waals surface area contributed by atoms with Gasteiger partial charge in [0.25, 0.3) is 0 Å². The molecule has 0 aromatic rings. The van der Waals surface area contributed by atoms with Crippen LogP contribution in [0.15, 0.2) is 0 Å². The van der Waals surface area contributed by atoms with E-state index in [0.717, 1.165) is 13.1 Å². The lowest BCUT2D eigenvalue weighted by Crippen LogP contribution is -2.45. The van der Waals surface area contributed by atoms with Crippen LogP contribution in [0.5, 0.6) is 0 Å². The smallest absolute Gasteiger partial charge is 0.317 e. The summed E-state index contributed by atoms with van der Waals surface area (Å²) in [7, 11) is 4.00. The van der Waals surface area contributed by atoms with Crippen molar-refractivity contribution in [2.45, 2.75) is 38.8 Å². The van der Waals surface area contributed by atoms with Gasteiger partial charge in [-0.05, 0) is 40.3 Å². The predicted molar refractivity (Wildman–Crippen MR) is 61.9 cm³/mol. The lowest BCUT2D eigenvalue weighted by Gasteiger charge is -2.26. The fraction of sp³-hybridized carbons (Fsp3) is 0.909. The number of hydrogen-bond acceptors (Lipinski definition) is 2. The molecule has 1 rings (SSSR count). The molecule has 1 saturated heterocycles. The van der Waals surface area contributed by atoms with Crippen LogP contribution in [0.25, 0.3) is 0 Å². The molecule has 0 aromatic carbocycles. The van der Waals surface area contributed by atoms with Gasteiger partial charge in [-0.1, -0.05) is 0 Å². The first kappa shape index (κ1) is 12.3. The predicted octanol–water partition coefficient (Wildman–Crippen LogP) is 1.13. The molecule has 1 aliphatic heterocycles. The van der Waals surface area contributed by atoms with Crippen LogP contribution >= 0.6 is 0 Å². The van der Waals surface area contributed by atoms with E-state index in [1.54, 1.807) is 4.90 Å². The minimum absolute atomic E-state index is 0.0327. The standard InChI is InChI=1S/C11H23N3O/c1-9(2)12-11(15)14(4)8-10-6-5-7-13(10)3/h9-10H,5-8H2,1-4H3,(H,12,15). The number of rotatable bonds is 3. The van der Waals surface area contributed by atoms with E-state index in [0.29, 0.717) is 6.04 Å². The number of urea groups is 1. The summed E-state index contributed by atoms with van der Waals surface area (Å²) < 4.78 is 0. The first-order chi connectivity index (χ1) is 7.00. The van der Waals surface area contributed by atoms with Crippen molar-refractivity contribution in [3.63, 3.8) is 0 Å². The maximum Gasteiger partial charge on any atom is 0.317 e. The highest BCUT2D eigenvalue weighted by atomic mass is 16.2. The first-order valence-electron chi connectivity index (χ1n) is 5.72. The molecule has 0 spiro atoms. The van der Waals surface area contributed by atoms with E-state index in [4.69, 9.17) is 0 Å². The quantitative estimate of drug-likeness (QED) is 0.763. The Hall–Kier alpha value is -0.770. The van der Waals surface area contributed by atoms with Crippen LogP contribution in [-0.4, -0.2) is 55.1 Å². The van der Waals surface area contributed by atoms with Crippen LogP contribution in [0.3, 0.4) is 0 Å². The number of hydrogen-bond donors (Lipinski definition) is 1. The Morgan fingerprint density at radius 1 is 1.60 bits per heavy atom. The molecule has 0 saturated carbocycles. The van der Waals surface area contributed by atoms with Crippen molar-refractivity contribution in [3.05, 3.63) is 0 Å². The summed E-state index contributed by atoms with van der Waals surface area (Å²) in [5, 5.41) is 2.90. The Morgan fingerprint density at radius 3 is 2.73 bits per heavy atom. The van der Waals surface area contributed by atoms with E-state index in [1.807, 2.05) is 20.9 Å². The Morgan fingerprint density at radius 2 is 2.27 bits per heavy atom. The molecule has 4 heteroatoms. The molecule has 0 aromatic heterocycles. The molecular weight excluding hydrogens is 190 g/mol. The largest absolute Gasteiger partial charge is 0.336 e. The highest BCUT2D eigenvalue weighted by Gasteiger charge is 2.23. The van der Waals surface area contributed by atoms with Gasteiger partial charge in [-0.2, -0.15) is 0 Å². The van der Waals surface area contributed by atoms with Gasteiger partial charge in [0.2, 0.25) is 0 Å². The molecule has 1 aliphatic rings. The van der Waals surface area contributed by atoms with E-state index in [9.17, 15) is 4.79 Å². The summed E-state index contributed by atoms with van der Waals surface area (Å²) in [4.78, 5) is 15.8. The second-order valence-electron chi connectivity index (χ2n) is 4.76. The van der Waals surface area contributed by atoms with Crippen molar-refractivity contribution in [1.29, 1.82) is 0 Å². The lowest BCUT2D eigenvalue weighted by atomic mass is 10.2. The van der Waals surface area contributed by atoms with Crippen molar-refractivity contribution in [2.75, 3.05) is 27.2 Å². The monoisotopic (exact) mass is 213 g/mol. The Balaban J connectivity index is 2.34. The molecule has 1 N–H and O–H groups in total. The van der Waals surface area contributed by atoms with Crippen LogP contribution in [0, 0.1) is 0 Å². The minimum atomic E-state index is 0.0327. The number of amides is 2. The molecule has 15 heavy (non-hydrogen) atoms. The molecule has 4 nitrogen and oxygen atoms in total. The van der Waals surface area contributed by atoms with Gasteiger partial charge in [-0.15, -0.1) is 0 Å². The molecular formula is C11H23N3O. The topological polar surface area (TPSA) is 35.6 Å². The Bertz CT molecular complexity index is 218. The Labute approximate surface area is 92.6 Å². The molecule has 2 amide bonds. The molecule has 0 radical (unpaired) electrons. The van der Waals surface area contributed by atoms with Gasteiger partial charge in [0, 0.05) is 25.7 Å². The number of likely N-dealkylation sites (N-methyl/N-ethyl adjacent to an activating group) is 2. The van der Waals surface area contributed by atoms with E-state index in [1.165, 1.54) is 12.8 Å². The van der Waals surface area contributed by atoms with Gasteiger partial charge in [0.05, 0.1) is 0 Å². The summed E-state index contributed by atoms with van der Waals surface area (Å²) in [6.45, 7) is 5.94. The second-order valence-corrected chi connectivity index (χ2v) is 4.76. The molecule has 1 atom stereocenters. The maximum absolute atomic E-state index is 11.6. The van der Waals surface area contributed by atoms with Crippen molar-refractivity contribution >= 4 is 6.03 Å². The van der Waals surface area contributed by atoms with Gasteiger partial charge >= 0.3 is 6.03 Å². The highest BCUT2D eigenvalue weighted by Crippen LogP contribution is 2.15. The average Bonchev–Trinajstić information content (AvgIpc) is 2.50. The summed E-state index contributed by atoms with van der Waals surface area (Å²) >= 11 is 0. The first-order valence-corrected chi connectivity index (χ1v) is 5.72. The zero-order chi connectivity index (χ0) is 11.4. The lowest BCUT2D eigenvalue weighted by molar-refractivity contribution is 0.187. The van der Waals surface area contributed by atoms with Gasteiger partial charge in [-0.25, -0.2) is 4.79 Å². The van der Waals surface area contributed by atoms with Gasteiger partial charge < -0.3 is 15.1 Å². The number of carbonyl (C=O) groups is 1. The van der Waals surface area contributed by atoms with Gasteiger partial charge in [-0.3, -0.25) is 0 Å². The summed E-state index contributed by atoms with van der Waals surface area (Å²) in [6, 6.07) is 0.777. The minimum Gasteiger partial charge on any atom is -0.336 e. The summed E-state index contributed by atoms with van der Waals surface area (Å²) in [5.74, 6) is 0. The molecule has 0 bridgehead atoms. The third-order valence-electron chi connectivity index (χ3n) is 2.91. The van der Waals surface area contributed by atoms with E-state index in [2.05, 4.69) is 17.3 Å². The van der Waals surface area contributed by atoms with Crippen molar-refractivity contribution in [1.82, 2.24) is 15.1 Å². The fourth-order valence-electron chi connectivity index (χ4n) is 1.97. The zero-order valence-electron chi connectivity index (χ0n) is 10.3. The van der Waals surface area contributed by atoms with Crippen LogP contribution in [0.1, 0.15) is 26.7 Å². The van der Waals surface area contributed by atoms with Crippen LogP contribution < -0.4 is 5.32 Å². The van der Waals surface area contributed by atoms with Crippen molar-refractivity contribution < 1.29 is 4.79 Å². The van der Waals surface area contributed by atoms with Crippen molar-refractivity contribution in [3.8, 4) is 0 Å². The van der Waals surface area contributed by atoms with Gasteiger partial charge in [0.15, 0.2) is 0 Å². The number of nitrogens with zero attached hydrogens (tertiary/aromatic N) is 2. The Kier molecular flexibility index (Phi) is 4.39. The normalized spacial score (nSPS) is 22.1. The number of nitrogens with one attached hydrogen (secondary N) is 1. The number of carbonyl (C=O) groups excluding carboxylic acids is 1. The van der Waals surface area contributed by atoms with Gasteiger partial charge in [0.1, 0.15) is 0 Å². The SMILES string of the molecule is CC(C)NC(=O)N(C)CC1CCCN1C. The van der Waals surface area contributed by atoms with Crippen LogP contribution in [0.4, 0.5) is 4.79 Å². The highest BCUT2D eigenvalue weighted by molar-refractivity contribution is 5.74. The molecule has 1 fully saturated rings. The third-order valence-corrected chi connectivity index (χ3v) is 2.91.